The molecule has 0 aromatic carbocycles. The molecule has 0 amide bonds. The van der Waals surface area contributed by atoms with E-state index in [0.29, 0.717) is 17.9 Å². The maximum Gasteiger partial charge on any atom is 0.290 e. The molecule has 2 aromatic heterocycles. The number of thiazole rings is 1. The summed E-state index contributed by atoms with van der Waals surface area (Å²) in [5.41, 5.74) is 1.61. The molecular formula is C14H18N4O2S. The quantitative estimate of drug-likeness (QED) is 0.688. The van der Waals surface area contributed by atoms with Gasteiger partial charge in [0.25, 0.3) is 5.69 Å². The van der Waals surface area contributed by atoms with Gasteiger partial charge in [-0.15, -0.1) is 11.3 Å². The molecule has 2 rings (SSSR count). The van der Waals surface area contributed by atoms with E-state index in [1.807, 2.05) is 5.38 Å². The molecule has 1 N–H and O–H groups in total. The van der Waals surface area contributed by atoms with Crippen LogP contribution >= 0.6 is 11.3 Å². The predicted octanol–water partition coefficient (Wildman–Crippen LogP) is 3.66. The van der Waals surface area contributed by atoms with Gasteiger partial charge in [-0.05, 0) is 13.0 Å². The smallest absolute Gasteiger partial charge is 0.290 e. The van der Waals surface area contributed by atoms with Crippen molar-refractivity contribution in [1.29, 1.82) is 0 Å². The highest BCUT2D eigenvalue weighted by molar-refractivity contribution is 7.09. The summed E-state index contributed by atoms with van der Waals surface area (Å²) in [7, 11) is 0. The van der Waals surface area contributed by atoms with Gasteiger partial charge in [-0.3, -0.25) is 10.1 Å². The molecule has 0 spiro atoms. The second-order valence-corrected chi connectivity index (χ2v) is 6.72. The summed E-state index contributed by atoms with van der Waals surface area (Å²) >= 11 is 1.64. The summed E-state index contributed by atoms with van der Waals surface area (Å²) in [5.74, 6) is 0.614. The molecule has 0 saturated heterocycles. The predicted molar refractivity (Wildman–Crippen MR) is 83.8 cm³/mol. The molecule has 0 saturated carbocycles. The zero-order valence-corrected chi connectivity index (χ0v) is 13.3. The maximum atomic E-state index is 10.7. The lowest BCUT2D eigenvalue weighted by Gasteiger charge is -2.13. The second-order valence-electron chi connectivity index (χ2n) is 5.86. The number of aryl methyl sites for hydroxylation is 1. The number of rotatable bonds is 4. The Balaban J connectivity index is 2.05. The zero-order valence-electron chi connectivity index (χ0n) is 12.5. The SMILES string of the molecule is Cc1cc(NCc2csc(C(C)(C)C)n2)ncc1[N+](=O)[O-]. The first-order valence-electron chi connectivity index (χ1n) is 6.57. The molecule has 7 heteroatoms. The number of pyridine rings is 1. The van der Waals surface area contributed by atoms with Gasteiger partial charge < -0.3 is 5.32 Å². The van der Waals surface area contributed by atoms with E-state index in [2.05, 4.69) is 36.1 Å². The van der Waals surface area contributed by atoms with Crippen LogP contribution in [0.3, 0.4) is 0 Å². The first kappa shape index (κ1) is 15.4. The fourth-order valence-corrected chi connectivity index (χ4v) is 2.66. The van der Waals surface area contributed by atoms with Gasteiger partial charge in [0.15, 0.2) is 0 Å². The van der Waals surface area contributed by atoms with Gasteiger partial charge in [-0.1, -0.05) is 20.8 Å². The summed E-state index contributed by atoms with van der Waals surface area (Å²) in [5, 5.41) is 17.0. The molecule has 0 fully saturated rings. The molecule has 21 heavy (non-hydrogen) atoms. The van der Waals surface area contributed by atoms with E-state index >= 15 is 0 Å². The van der Waals surface area contributed by atoms with Crippen molar-refractivity contribution >= 4 is 22.8 Å². The molecule has 0 aliphatic carbocycles. The Hall–Kier alpha value is -2.02. The van der Waals surface area contributed by atoms with Crippen LogP contribution in [0.15, 0.2) is 17.6 Å². The van der Waals surface area contributed by atoms with Crippen LogP contribution < -0.4 is 5.32 Å². The third-order valence-electron chi connectivity index (χ3n) is 2.92. The van der Waals surface area contributed by atoms with E-state index in [-0.39, 0.29) is 11.1 Å². The lowest BCUT2D eigenvalue weighted by molar-refractivity contribution is -0.385. The zero-order chi connectivity index (χ0) is 15.6. The van der Waals surface area contributed by atoms with Gasteiger partial charge in [-0.2, -0.15) is 0 Å². The van der Waals surface area contributed by atoms with Crippen molar-refractivity contribution in [2.75, 3.05) is 5.32 Å². The Morgan fingerprint density at radius 1 is 1.43 bits per heavy atom. The number of aromatic nitrogens is 2. The van der Waals surface area contributed by atoms with Crippen LogP contribution in [0.2, 0.25) is 0 Å². The minimum Gasteiger partial charge on any atom is -0.364 e. The van der Waals surface area contributed by atoms with Crippen molar-refractivity contribution in [3.05, 3.63) is 44.0 Å². The molecule has 0 radical (unpaired) electrons. The van der Waals surface area contributed by atoms with Crippen molar-refractivity contribution in [3.8, 4) is 0 Å². The van der Waals surface area contributed by atoms with Crippen molar-refractivity contribution in [2.45, 2.75) is 39.7 Å². The Morgan fingerprint density at radius 2 is 2.14 bits per heavy atom. The van der Waals surface area contributed by atoms with Gasteiger partial charge in [0.1, 0.15) is 12.0 Å². The van der Waals surface area contributed by atoms with E-state index in [4.69, 9.17) is 0 Å². The fourth-order valence-electron chi connectivity index (χ4n) is 1.75. The van der Waals surface area contributed by atoms with Gasteiger partial charge in [0.05, 0.1) is 22.2 Å². The molecular weight excluding hydrogens is 288 g/mol. The largest absolute Gasteiger partial charge is 0.364 e. The maximum absolute atomic E-state index is 10.7. The molecule has 6 nitrogen and oxygen atoms in total. The van der Waals surface area contributed by atoms with Gasteiger partial charge in [-0.25, -0.2) is 9.97 Å². The highest BCUT2D eigenvalue weighted by Gasteiger charge is 2.18. The summed E-state index contributed by atoms with van der Waals surface area (Å²) in [6, 6.07) is 1.68. The lowest BCUT2D eigenvalue weighted by atomic mass is 9.98. The number of nitro groups is 1. The molecule has 0 aliphatic heterocycles. The van der Waals surface area contributed by atoms with Gasteiger partial charge in [0, 0.05) is 16.4 Å². The topological polar surface area (TPSA) is 81.0 Å². The Labute approximate surface area is 127 Å². The average molecular weight is 306 g/mol. The van der Waals surface area contributed by atoms with Gasteiger partial charge in [0.2, 0.25) is 0 Å². The van der Waals surface area contributed by atoms with Crippen molar-refractivity contribution in [2.24, 2.45) is 0 Å². The molecule has 0 aliphatic rings. The minimum atomic E-state index is -0.428. The van der Waals surface area contributed by atoms with E-state index in [9.17, 15) is 10.1 Å². The Kier molecular flexibility index (Phi) is 4.22. The van der Waals surface area contributed by atoms with Gasteiger partial charge >= 0.3 is 0 Å². The number of hydrogen-bond acceptors (Lipinski definition) is 6. The molecule has 2 aromatic rings. The highest BCUT2D eigenvalue weighted by Crippen LogP contribution is 2.26. The lowest BCUT2D eigenvalue weighted by Crippen LogP contribution is -2.11. The van der Waals surface area contributed by atoms with E-state index in [1.54, 1.807) is 24.3 Å². The van der Waals surface area contributed by atoms with Crippen LogP contribution in [0.5, 0.6) is 0 Å². The number of hydrogen-bond donors (Lipinski definition) is 1. The molecule has 2 heterocycles. The van der Waals surface area contributed by atoms with E-state index in [1.165, 1.54) is 6.20 Å². The van der Waals surface area contributed by atoms with Crippen LogP contribution in [0.4, 0.5) is 11.5 Å². The Bertz CT molecular complexity index is 661. The third kappa shape index (κ3) is 3.75. The first-order chi connectivity index (χ1) is 9.77. The van der Waals surface area contributed by atoms with Crippen LogP contribution in [0.1, 0.15) is 37.0 Å². The number of anilines is 1. The summed E-state index contributed by atoms with van der Waals surface area (Å²) in [6.07, 6.45) is 1.28. The summed E-state index contributed by atoms with van der Waals surface area (Å²) in [4.78, 5) is 19.0. The summed E-state index contributed by atoms with van der Waals surface area (Å²) < 4.78 is 0. The number of nitrogens with zero attached hydrogens (tertiary/aromatic N) is 3. The van der Waals surface area contributed by atoms with Crippen LogP contribution in [-0.2, 0) is 12.0 Å². The van der Waals surface area contributed by atoms with E-state index in [0.717, 1.165) is 10.7 Å². The van der Waals surface area contributed by atoms with E-state index < -0.39 is 4.92 Å². The van der Waals surface area contributed by atoms with Crippen molar-refractivity contribution < 1.29 is 4.92 Å². The number of nitrogens with one attached hydrogen (secondary N) is 1. The van der Waals surface area contributed by atoms with Crippen LogP contribution in [0.25, 0.3) is 0 Å². The van der Waals surface area contributed by atoms with Crippen molar-refractivity contribution in [1.82, 2.24) is 9.97 Å². The fraction of sp³-hybridized carbons (Fsp3) is 0.429. The molecule has 112 valence electrons. The third-order valence-corrected chi connectivity index (χ3v) is 4.24. The second kappa shape index (κ2) is 5.77. The Morgan fingerprint density at radius 3 is 2.67 bits per heavy atom. The summed E-state index contributed by atoms with van der Waals surface area (Å²) in [6.45, 7) is 8.64. The molecule has 0 atom stereocenters. The molecule has 0 unspecified atom stereocenters. The van der Waals surface area contributed by atoms with Crippen LogP contribution in [-0.4, -0.2) is 14.9 Å². The first-order valence-corrected chi connectivity index (χ1v) is 7.45. The van der Waals surface area contributed by atoms with Crippen molar-refractivity contribution in [3.63, 3.8) is 0 Å². The highest BCUT2D eigenvalue weighted by atomic mass is 32.1. The normalized spacial score (nSPS) is 11.4. The average Bonchev–Trinajstić information content (AvgIpc) is 2.84. The molecule has 0 bridgehead atoms. The standard InChI is InChI=1S/C14H18N4O2S/c1-9-5-12(16-7-11(9)18(19)20)15-6-10-8-21-13(17-10)14(2,3)4/h5,7-8H,6H2,1-4H3,(H,15,16). The van der Waals surface area contributed by atoms with Crippen LogP contribution in [0, 0.1) is 17.0 Å². The minimum absolute atomic E-state index is 0.0317. The monoisotopic (exact) mass is 306 g/mol.